The molecule has 4 rings (SSSR count). The van der Waals surface area contributed by atoms with Gasteiger partial charge in [0.1, 0.15) is 0 Å². The lowest BCUT2D eigenvalue weighted by atomic mass is 10.0. The van der Waals surface area contributed by atoms with Crippen molar-refractivity contribution in [2.24, 2.45) is 10.2 Å². The summed E-state index contributed by atoms with van der Waals surface area (Å²) < 4.78 is 10.8. The number of rotatable bonds is 10. The standard InChI is InChI=1S/C26H21ClN4O6S/c1-36-21-12-9-17(14-22(21)37-2)23-24(15-7-10-18(27)11-8-15)38-26(28-23)30-29-19(25(32)33)13-16-5-3-4-6-20(16)31(34)35/h3-12,14,19H,13H2,1-2H3,(H,32,33). The van der Waals surface area contributed by atoms with Crippen LogP contribution in [-0.2, 0) is 11.2 Å². The lowest BCUT2D eigenvalue weighted by Gasteiger charge is -2.09. The van der Waals surface area contributed by atoms with Gasteiger partial charge in [-0.3, -0.25) is 10.1 Å². The molecule has 0 aliphatic heterocycles. The summed E-state index contributed by atoms with van der Waals surface area (Å²) in [6.45, 7) is 0. The van der Waals surface area contributed by atoms with Gasteiger partial charge in [-0.05, 0) is 35.9 Å². The minimum absolute atomic E-state index is 0.177. The summed E-state index contributed by atoms with van der Waals surface area (Å²) in [6.07, 6.45) is -0.200. The fraction of sp³-hybridized carbons (Fsp3) is 0.154. The second-order valence-electron chi connectivity index (χ2n) is 7.91. The average Bonchev–Trinajstić information content (AvgIpc) is 3.35. The number of azo groups is 1. The van der Waals surface area contributed by atoms with Crippen molar-refractivity contribution in [3.8, 4) is 33.2 Å². The number of nitrogens with zero attached hydrogens (tertiary/aromatic N) is 4. The molecule has 1 unspecified atom stereocenters. The van der Waals surface area contributed by atoms with Crippen molar-refractivity contribution in [1.29, 1.82) is 0 Å². The van der Waals surface area contributed by atoms with E-state index in [1.807, 2.05) is 18.2 Å². The highest BCUT2D eigenvalue weighted by Gasteiger charge is 2.23. The van der Waals surface area contributed by atoms with Gasteiger partial charge in [0.05, 0.1) is 29.7 Å². The summed E-state index contributed by atoms with van der Waals surface area (Å²) >= 11 is 7.29. The number of nitro benzene ring substituents is 1. The Bertz CT molecular complexity index is 1510. The molecule has 1 heterocycles. The first-order valence-electron chi connectivity index (χ1n) is 11.2. The number of para-hydroxylation sites is 1. The van der Waals surface area contributed by atoms with Crippen LogP contribution in [0.4, 0.5) is 10.8 Å². The largest absolute Gasteiger partial charge is 0.493 e. The second-order valence-corrected chi connectivity index (χ2v) is 9.32. The number of aromatic nitrogens is 1. The maximum atomic E-state index is 11.9. The molecule has 0 saturated heterocycles. The number of carbonyl (C=O) groups is 1. The van der Waals surface area contributed by atoms with Gasteiger partial charge < -0.3 is 14.6 Å². The number of benzene rings is 3. The van der Waals surface area contributed by atoms with Crippen LogP contribution in [0.2, 0.25) is 5.02 Å². The highest BCUT2D eigenvalue weighted by Crippen LogP contribution is 2.42. The van der Waals surface area contributed by atoms with Crippen LogP contribution in [0.15, 0.2) is 77.0 Å². The summed E-state index contributed by atoms with van der Waals surface area (Å²) in [7, 11) is 3.08. The number of hydrogen-bond donors (Lipinski definition) is 1. The minimum atomic E-state index is -1.34. The molecule has 3 aromatic carbocycles. The lowest BCUT2D eigenvalue weighted by molar-refractivity contribution is -0.385. The van der Waals surface area contributed by atoms with Gasteiger partial charge in [0.2, 0.25) is 5.13 Å². The van der Waals surface area contributed by atoms with E-state index in [0.717, 1.165) is 16.0 Å². The third-order valence-corrected chi connectivity index (χ3v) is 6.79. The Morgan fingerprint density at radius 1 is 1.08 bits per heavy atom. The van der Waals surface area contributed by atoms with Gasteiger partial charge in [-0.1, -0.05) is 53.3 Å². The normalized spacial score (nSPS) is 11.9. The number of aliphatic carboxylic acids is 1. The maximum absolute atomic E-state index is 11.9. The van der Waals surface area contributed by atoms with Gasteiger partial charge in [-0.25, -0.2) is 9.78 Å². The highest BCUT2D eigenvalue weighted by molar-refractivity contribution is 7.19. The van der Waals surface area contributed by atoms with Crippen LogP contribution in [-0.4, -0.2) is 41.2 Å². The predicted molar refractivity (Wildman–Crippen MR) is 144 cm³/mol. The zero-order chi connectivity index (χ0) is 27.2. The van der Waals surface area contributed by atoms with Crippen LogP contribution >= 0.6 is 22.9 Å². The SMILES string of the molecule is COc1ccc(-c2nc(N=NC(Cc3ccccc3[N+](=O)[O-])C(=O)O)sc2-c2ccc(Cl)cc2)cc1OC. The van der Waals surface area contributed by atoms with Gasteiger partial charge in [0.25, 0.3) is 5.69 Å². The topological polar surface area (TPSA) is 137 Å². The van der Waals surface area contributed by atoms with Crippen molar-refractivity contribution in [2.75, 3.05) is 14.2 Å². The van der Waals surface area contributed by atoms with Crippen molar-refractivity contribution in [3.63, 3.8) is 0 Å². The molecule has 0 saturated carbocycles. The number of nitro groups is 1. The molecule has 194 valence electrons. The van der Waals surface area contributed by atoms with E-state index in [1.54, 1.807) is 37.4 Å². The number of methoxy groups -OCH3 is 2. The van der Waals surface area contributed by atoms with E-state index in [4.69, 9.17) is 21.1 Å². The Balaban J connectivity index is 1.73. The molecule has 0 aliphatic carbocycles. The van der Waals surface area contributed by atoms with Crippen molar-refractivity contribution >= 4 is 39.7 Å². The molecular weight excluding hydrogens is 532 g/mol. The first-order valence-corrected chi connectivity index (χ1v) is 12.3. The molecule has 1 atom stereocenters. The molecule has 0 fully saturated rings. The Kier molecular flexibility index (Phi) is 8.29. The Morgan fingerprint density at radius 3 is 2.42 bits per heavy atom. The van der Waals surface area contributed by atoms with Crippen LogP contribution in [0.5, 0.6) is 11.5 Å². The highest BCUT2D eigenvalue weighted by atomic mass is 35.5. The van der Waals surface area contributed by atoms with Gasteiger partial charge in [-0.2, -0.15) is 5.11 Å². The predicted octanol–water partition coefficient (Wildman–Crippen LogP) is 6.84. The van der Waals surface area contributed by atoms with E-state index in [9.17, 15) is 20.0 Å². The van der Waals surface area contributed by atoms with Gasteiger partial charge >= 0.3 is 5.97 Å². The van der Waals surface area contributed by atoms with Crippen molar-refractivity contribution in [3.05, 3.63) is 87.4 Å². The van der Waals surface area contributed by atoms with Gasteiger partial charge in [0.15, 0.2) is 17.5 Å². The van der Waals surface area contributed by atoms with E-state index in [2.05, 4.69) is 15.2 Å². The van der Waals surface area contributed by atoms with Crippen molar-refractivity contribution in [1.82, 2.24) is 4.98 Å². The Hall–Kier alpha value is -4.35. The van der Waals surface area contributed by atoms with Crippen LogP contribution < -0.4 is 9.47 Å². The van der Waals surface area contributed by atoms with Crippen LogP contribution in [0.3, 0.4) is 0 Å². The van der Waals surface area contributed by atoms with Crippen molar-refractivity contribution in [2.45, 2.75) is 12.5 Å². The lowest BCUT2D eigenvalue weighted by Crippen LogP contribution is -2.20. The van der Waals surface area contributed by atoms with E-state index in [-0.39, 0.29) is 22.8 Å². The Morgan fingerprint density at radius 2 is 1.76 bits per heavy atom. The summed E-state index contributed by atoms with van der Waals surface area (Å²) in [5.41, 5.74) is 2.20. The summed E-state index contributed by atoms with van der Waals surface area (Å²) in [5.74, 6) is -0.195. The number of halogens is 1. The molecule has 1 N–H and O–H groups in total. The first-order chi connectivity index (χ1) is 18.3. The van der Waals surface area contributed by atoms with Crippen LogP contribution in [0.25, 0.3) is 21.7 Å². The van der Waals surface area contributed by atoms with E-state index in [1.165, 1.54) is 36.6 Å². The zero-order valence-electron chi connectivity index (χ0n) is 20.2. The number of thiazole rings is 1. The molecule has 10 nitrogen and oxygen atoms in total. The number of carboxylic acids is 1. The third-order valence-electron chi connectivity index (χ3n) is 5.55. The number of ether oxygens (including phenoxy) is 2. The molecule has 0 spiro atoms. The molecule has 0 bridgehead atoms. The maximum Gasteiger partial charge on any atom is 0.330 e. The molecule has 12 heteroatoms. The van der Waals surface area contributed by atoms with E-state index >= 15 is 0 Å². The van der Waals surface area contributed by atoms with E-state index < -0.39 is 16.9 Å². The zero-order valence-corrected chi connectivity index (χ0v) is 21.8. The summed E-state index contributed by atoms with van der Waals surface area (Å²) in [5, 5.41) is 30.0. The fourth-order valence-electron chi connectivity index (χ4n) is 3.69. The monoisotopic (exact) mass is 552 g/mol. The molecular formula is C26H21ClN4O6S. The smallest absolute Gasteiger partial charge is 0.330 e. The van der Waals surface area contributed by atoms with Gasteiger partial charge in [0, 0.05) is 28.6 Å². The Labute approximate surface area is 226 Å². The van der Waals surface area contributed by atoms with Crippen LogP contribution in [0, 0.1) is 10.1 Å². The second kappa shape index (κ2) is 11.8. The summed E-state index contributed by atoms with van der Waals surface area (Å²) in [6, 6.07) is 17.2. The quantitative estimate of drug-likeness (QED) is 0.129. The average molecular weight is 553 g/mol. The van der Waals surface area contributed by atoms with Crippen LogP contribution in [0.1, 0.15) is 5.56 Å². The molecule has 0 amide bonds. The van der Waals surface area contributed by atoms with Gasteiger partial charge in [-0.15, -0.1) is 5.11 Å². The molecule has 38 heavy (non-hydrogen) atoms. The molecule has 4 aromatic rings. The summed E-state index contributed by atoms with van der Waals surface area (Å²) in [4.78, 5) is 28.1. The van der Waals surface area contributed by atoms with Crippen molar-refractivity contribution < 1.29 is 24.3 Å². The molecule has 0 aliphatic rings. The molecule has 1 aromatic heterocycles. The number of hydrogen-bond acceptors (Lipinski definition) is 9. The third kappa shape index (κ3) is 5.96. The van der Waals surface area contributed by atoms with E-state index in [0.29, 0.717) is 22.2 Å². The first kappa shape index (κ1) is 26.7. The fourth-order valence-corrected chi connectivity index (χ4v) is 4.74. The molecule has 0 radical (unpaired) electrons. The minimum Gasteiger partial charge on any atom is -0.493 e. The number of carboxylic acid groups (broad SMARTS) is 1.